The van der Waals surface area contributed by atoms with Gasteiger partial charge in [0, 0.05) is 11.6 Å². The SMILES string of the molecule is O=C(NC[C@H]1COc2ccccc2O1)[C@H]1CCCN1S(=O)(=O)c1ccc(Cl)cc1. The highest BCUT2D eigenvalue weighted by molar-refractivity contribution is 7.89. The monoisotopic (exact) mass is 436 g/mol. The van der Waals surface area contributed by atoms with E-state index in [1.165, 1.54) is 28.6 Å². The van der Waals surface area contributed by atoms with Gasteiger partial charge < -0.3 is 14.8 Å². The summed E-state index contributed by atoms with van der Waals surface area (Å²) in [7, 11) is -3.77. The maximum atomic E-state index is 13.0. The highest BCUT2D eigenvalue weighted by Crippen LogP contribution is 2.31. The molecule has 0 bridgehead atoms. The van der Waals surface area contributed by atoms with E-state index in [0.29, 0.717) is 42.5 Å². The number of sulfonamides is 1. The molecule has 2 aliphatic rings. The lowest BCUT2D eigenvalue weighted by Gasteiger charge is -2.28. The standard InChI is InChI=1S/C20H21ClN2O5S/c21-14-7-9-16(10-8-14)29(25,26)23-11-3-4-17(23)20(24)22-12-15-13-27-18-5-1-2-6-19(18)28-15/h1-2,5-10,15,17H,3-4,11-13H2,(H,22,24)/t15-,17+/m0/s1. The second-order valence-corrected chi connectivity index (χ2v) is 9.30. The zero-order chi connectivity index (χ0) is 20.4. The number of para-hydroxylation sites is 2. The number of nitrogens with zero attached hydrogens (tertiary/aromatic N) is 1. The molecule has 2 aromatic carbocycles. The second-order valence-electron chi connectivity index (χ2n) is 6.97. The van der Waals surface area contributed by atoms with Crippen molar-refractivity contribution in [3.63, 3.8) is 0 Å². The van der Waals surface area contributed by atoms with Gasteiger partial charge in [0.2, 0.25) is 15.9 Å². The number of rotatable bonds is 5. The van der Waals surface area contributed by atoms with Crippen molar-refractivity contribution >= 4 is 27.5 Å². The number of hydrogen-bond donors (Lipinski definition) is 1. The molecule has 9 heteroatoms. The summed E-state index contributed by atoms with van der Waals surface area (Å²) in [5, 5.41) is 3.27. The van der Waals surface area contributed by atoms with E-state index in [0.717, 1.165) is 0 Å². The Kier molecular flexibility index (Phi) is 5.67. The molecular weight excluding hydrogens is 416 g/mol. The van der Waals surface area contributed by atoms with Crippen LogP contribution >= 0.6 is 11.6 Å². The number of fused-ring (bicyclic) bond motifs is 1. The predicted octanol–water partition coefficient (Wildman–Crippen LogP) is 2.45. The van der Waals surface area contributed by atoms with Crippen LogP contribution < -0.4 is 14.8 Å². The fraction of sp³-hybridized carbons (Fsp3) is 0.350. The number of carbonyl (C=O) groups excluding carboxylic acids is 1. The van der Waals surface area contributed by atoms with E-state index >= 15 is 0 Å². The molecule has 2 aliphatic heterocycles. The third-order valence-corrected chi connectivity index (χ3v) is 7.17. The van der Waals surface area contributed by atoms with Crippen molar-refractivity contribution < 1.29 is 22.7 Å². The van der Waals surface area contributed by atoms with Gasteiger partial charge >= 0.3 is 0 Å². The summed E-state index contributed by atoms with van der Waals surface area (Å²) in [4.78, 5) is 12.9. The first-order valence-corrected chi connectivity index (χ1v) is 11.2. The van der Waals surface area contributed by atoms with E-state index in [2.05, 4.69) is 5.32 Å². The minimum Gasteiger partial charge on any atom is -0.486 e. The van der Waals surface area contributed by atoms with E-state index in [4.69, 9.17) is 21.1 Å². The van der Waals surface area contributed by atoms with Gasteiger partial charge in [0.25, 0.3) is 0 Å². The lowest BCUT2D eigenvalue weighted by atomic mass is 10.2. The van der Waals surface area contributed by atoms with Gasteiger partial charge in [0.05, 0.1) is 11.4 Å². The smallest absolute Gasteiger partial charge is 0.243 e. The van der Waals surface area contributed by atoms with Gasteiger partial charge in [-0.3, -0.25) is 4.79 Å². The van der Waals surface area contributed by atoms with Gasteiger partial charge in [-0.15, -0.1) is 0 Å². The fourth-order valence-corrected chi connectivity index (χ4v) is 5.31. The van der Waals surface area contributed by atoms with E-state index in [1.54, 1.807) is 6.07 Å². The first-order valence-electron chi connectivity index (χ1n) is 9.39. The summed E-state index contributed by atoms with van der Waals surface area (Å²) in [6.45, 7) is 0.854. The maximum absolute atomic E-state index is 13.0. The number of nitrogens with one attached hydrogen (secondary N) is 1. The molecule has 1 N–H and O–H groups in total. The Labute approximate surface area is 174 Å². The molecule has 0 aromatic heterocycles. The van der Waals surface area contributed by atoms with E-state index in [9.17, 15) is 13.2 Å². The molecule has 2 aromatic rings. The van der Waals surface area contributed by atoms with Crippen molar-refractivity contribution in [3.05, 3.63) is 53.6 Å². The predicted molar refractivity (Wildman–Crippen MR) is 108 cm³/mol. The Balaban J connectivity index is 1.40. The maximum Gasteiger partial charge on any atom is 0.243 e. The normalized spacial score (nSPS) is 21.7. The Morgan fingerprint density at radius 3 is 2.62 bits per heavy atom. The van der Waals surface area contributed by atoms with Crippen LogP contribution in [0.4, 0.5) is 0 Å². The largest absolute Gasteiger partial charge is 0.486 e. The summed E-state index contributed by atoms with van der Waals surface area (Å²) < 4.78 is 38.7. The zero-order valence-electron chi connectivity index (χ0n) is 15.6. The molecule has 29 heavy (non-hydrogen) atoms. The van der Waals surface area contributed by atoms with Gasteiger partial charge in [-0.05, 0) is 49.2 Å². The lowest BCUT2D eigenvalue weighted by Crippen LogP contribution is -2.49. The molecule has 1 fully saturated rings. The zero-order valence-corrected chi connectivity index (χ0v) is 17.2. The molecule has 1 saturated heterocycles. The summed E-state index contributed by atoms with van der Waals surface area (Å²) in [5.74, 6) is 0.972. The Hall–Kier alpha value is -2.29. The molecule has 154 valence electrons. The summed E-state index contributed by atoms with van der Waals surface area (Å²) in [6, 6.07) is 12.6. The number of benzene rings is 2. The molecule has 2 heterocycles. The van der Waals surface area contributed by atoms with Crippen LogP contribution in [0.2, 0.25) is 5.02 Å². The lowest BCUT2D eigenvalue weighted by molar-refractivity contribution is -0.124. The Morgan fingerprint density at radius 1 is 1.14 bits per heavy atom. The highest BCUT2D eigenvalue weighted by atomic mass is 35.5. The number of hydrogen-bond acceptors (Lipinski definition) is 5. The van der Waals surface area contributed by atoms with E-state index in [-0.39, 0.29) is 23.5 Å². The minimum absolute atomic E-state index is 0.127. The first-order chi connectivity index (χ1) is 13.9. The van der Waals surface area contributed by atoms with Crippen LogP contribution in [0, 0.1) is 0 Å². The number of carbonyl (C=O) groups is 1. The van der Waals surface area contributed by atoms with Crippen LogP contribution in [0.25, 0.3) is 0 Å². The van der Waals surface area contributed by atoms with Crippen molar-refractivity contribution in [3.8, 4) is 11.5 Å². The van der Waals surface area contributed by atoms with Gasteiger partial charge in [-0.2, -0.15) is 4.31 Å². The van der Waals surface area contributed by atoms with Gasteiger partial charge in [0.15, 0.2) is 11.5 Å². The summed E-state index contributed by atoms with van der Waals surface area (Å²) >= 11 is 5.85. The first kappa shape index (κ1) is 20.0. The molecular formula is C20H21ClN2O5S. The average Bonchev–Trinajstić information content (AvgIpc) is 3.23. The molecule has 2 atom stereocenters. The van der Waals surface area contributed by atoms with Crippen LogP contribution in [0.1, 0.15) is 12.8 Å². The quantitative estimate of drug-likeness (QED) is 0.778. The Morgan fingerprint density at radius 2 is 1.86 bits per heavy atom. The average molecular weight is 437 g/mol. The van der Waals surface area contributed by atoms with E-state index in [1.807, 2.05) is 18.2 Å². The fourth-order valence-electron chi connectivity index (χ4n) is 3.53. The number of halogens is 1. The van der Waals surface area contributed by atoms with Crippen LogP contribution in [0.15, 0.2) is 53.4 Å². The molecule has 0 unspecified atom stereocenters. The third-order valence-electron chi connectivity index (χ3n) is 5.00. The summed E-state index contributed by atoms with van der Waals surface area (Å²) in [6.07, 6.45) is 0.766. The molecule has 0 radical (unpaired) electrons. The topological polar surface area (TPSA) is 84.9 Å². The van der Waals surface area contributed by atoms with Crippen molar-refractivity contribution in [1.82, 2.24) is 9.62 Å². The van der Waals surface area contributed by atoms with Crippen LogP contribution in [0.5, 0.6) is 11.5 Å². The van der Waals surface area contributed by atoms with Gasteiger partial charge in [-0.25, -0.2) is 8.42 Å². The van der Waals surface area contributed by atoms with Crippen LogP contribution in [-0.4, -0.2) is 50.5 Å². The van der Waals surface area contributed by atoms with Crippen LogP contribution in [-0.2, 0) is 14.8 Å². The van der Waals surface area contributed by atoms with Crippen LogP contribution in [0.3, 0.4) is 0 Å². The number of amides is 1. The van der Waals surface area contributed by atoms with Crippen molar-refractivity contribution in [2.45, 2.75) is 29.9 Å². The molecule has 0 aliphatic carbocycles. The highest BCUT2D eigenvalue weighted by Gasteiger charge is 2.39. The van der Waals surface area contributed by atoms with Crippen molar-refractivity contribution in [1.29, 1.82) is 0 Å². The Bertz CT molecular complexity index is 996. The van der Waals surface area contributed by atoms with Gasteiger partial charge in [-0.1, -0.05) is 23.7 Å². The molecule has 1 amide bonds. The molecule has 0 spiro atoms. The van der Waals surface area contributed by atoms with Crippen molar-refractivity contribution in [2.24, 2.45) is 0 Å². The number of ether oxygens (including phenoxy) is 2. The molecule has 7 nitrogen and oxygen atoms in total. The summed E-state index contributed by atoms with van der Waals surface area (Å²) in [5.41, 5.74) is 0. The minimum atomic E-state index is -3.77. The molecule has 4 rings (SSSR count). The van der Waals surface area contributed by atoms with Crippen molar-refractivity contribution in [2.75, 3.05) is 19.7 Å². The van der Waals surface area contributed by atoms with Gasteiger partial charge in [0.1, 0.15) is 18.8 Å². The van der Waals surface area contributed by atoms with E-state index < -0.39 is 16.1 Å². The third kappa shape index (κ3) is 4.19. The molecule has 0 saturated carbocycles. The second kappa shape index (κ2) is 8.22.